The van der Waals surface area contributed by atoms with Gasteiger partial charge in [0, 0.05) is 7.05 Å². The summed E-state index contributed by atoms with van der Waals surface area (Å²) in [5.41, 5.74) is -1.21. The molecule has 0 saturated carbocycles. The maximum atomic E-state index is 11.0. The van der Waals surface area contributed by atoms with Crippen molar-refractivity contribution in [3.8, 4) is 5.75 Å². The number of anilines is 1. The zero-order chi connectivity index (χ0) is 10.2. The molecule has 0 heterocycles. The van der Waals surface area contributed by atoms with Crippen molar-refractivity contribution in [2.45, 2.75) is 26.4 Å². The van der Waals surface area contributed by atoms with E-state index in [0.29, 0.717) is 0 Å². The highest BCUT2D eigenvalue weighted by atomic mass is 16.5. The Balaban J connectivity index is 2.98. The summed E-state index contributed by atoms with van der Waals surface area (Å²) in [7, 11) is 1.59. The molecule has 0 aliphatic heterocycles. The van der Waals surface area contributed by atoms with Gasteiger partial charge < -0.3 is 10.1 Å². The van der Waals surface area contributed by atoms with E-state index in [9.17, 15) is 9.59 Å². The van der Waals surface area contributed by atoms with Crippen LogP contribution in [0, 0.1) is 0 Å². The molecule has 1 aromatic rings. The molecule has 1 rings (SSSR count). The average Bonchev–Trinajstić information content (AvgIpc) is 2.01. The van der Waals surface area contributed by atoms with Gasteiger partial charge in [0.25, 0.3) is 10.9 Å². The Morgan fingerprint density at radius 2 is 1.69 bits per heavy atom. The quantitative estimate of drug-likeness (QED) is 0.678. The molecule has 0 amide bonds. The van der Waals surface area contributed by atoms with Gasteiger partial charge in [-0.1, -0.05) is 0 Å². The summed E-state index contributed by atoms with van der Waals surface area (Å²) >= 11 is 0. The zero-order valence-corrected chi connectivity index (χ0v) is 8.22. The smallest absolute Gasteiger partial charge is 0.272 e. The molecular formula is C9H13NO3. The third-order valence-corrected chi connectivity index (χ3v) is 1.52. The number of ether oxygens (including phenoxy) is 1. The maximum absolute atomic E-state index is 11.0. The van der Waals surface area contributed by atoms with Gasteiger partial charge in [0.15, 0.2) is 5.75 Å². The molecule has 0 aliphatic rings. The molecule has 13 heavy (non-hydrogen) atoms. The van der Waals surface area contributed by atoms with Crippen molar-refractivity contribution in [3.63, 3.8) is 0 Å². The van der Waals surface area contributed by atoms with Crippen molar-refractivity contribution in [2.24, 2.45) is 0 Å². The Labute approximate surface area is 76.2 Å². The Hall–Kier alpha value is -1.32. The molecule has 0 saturated heterocycles. The normalized spacial score (nSPS) is 11.7. The van der Waals surface area contributed by atoms with Crippen LogP contribution in [0.15, 0.2) is 9.59 Å². The highest BCUT2D eigenvalue weighted by molar-refractivity contribution is 5.61. The minimum atomic E-state index is -0.542. The second-order valence-corrected chi connectivity index (χ2v) is 3.83. The lowest BCUT2D eigenvalue weighted by Crippen LogP contribution is -2.39. The highest BCUT2D eigenvalue weighted by Gasteiger charge is 2.25. The van der Waals surface area contributed by atoms with Crippen LogP contribution in [0.25, 0.3) is 0 Å². The first kappa shape index (κ1) is 9.77. The average molecular weight is 183 g/mol. The van der Waals surface area contributed by atoms with E-state index in [4.69, 9.17) is 4.74 Å². The van der Waals surface area contributed by atoms with Gasteiger partial charge >= 0.3 is 0 Å². The third-order valence-electron chi connectivity index (χ3n) is 1.52. The number of hydrogen-bond donors (Lipinski definition) is 1. The fourth-order valence-corrected chi connectivity index (χ4v) is 1.00. The highest BCUT2D eigenvalue weighted by Crippen LogP contribution is 2.21. The van der Waals surface area contributed by atoms with E-state index in [2.05, 4.69) is 5.32 Å². The van der Waals surface area contributed by atoms with Crippen LogP contribution in [0.5, 0.6) is 5.75 Å². The Morgan fingerprint density at radius 1 is 1.15 bits per heavy atom. The van der Waals surface area contributed by atoms with Crippen LogP contribution >= 0.6 is 0 Å². The lowest BCUT2D eigenvalue weighted by Gasteiger charge is -2.23. The first-order valence-electron chi connectivity index (χ1n) is 4.07. The fourth-order valence-electron chi connectivity index (χ4n) is 1.00. The van der Waals surface area contributed by atoms with Crippen LogP contribution in [-0.4, -0.2) is 12.6 Å². The molecule has 0 atom stereocenters. The Morgan fingerprint density at radius 3 is 2.08 bits per heavy atom. The van der Waals surface area contributed by atoms with Gasteiger partial charge in [0.2, 0.25) is 0 Å². The zero-order valence-electron chi connectivity index (χ0n) is 8.22. The van der Waals surface area contributed by atoms with Gasteiger partial charge in [-0.05, 0) is 20.8 Å². The summed E-state index contributed by atoms with van der Waals surface area (Å²) in [5.74, 6) is 0.153. The molecule has 0 bridgehead atoms. The standard InChI is InChI=1S/C9H13NO3/c1-9(2,3)13-8-5(10-4)6(11)7(8)12/h10H,1-4H3. The minimum Gasteiger partial charge on any atom is -0.482 e. The largest absolute Gasteiger partial charge is 0.482 e. The van der Waals surface area contributed by atoms with E-state index in [1.54, 1.807) is 7.05 Å². The van der Waals surface area contributed by atoms with E-state index in [1.807, 2.05) is 20.8 Å². The molecule has 4 nitrogen and oxygen atoms in total. The van der Waals surface area contributed by atoms with Crippen molar-refractivity contribution in [2.75, 3.05) is 12.4 Å². The summed E-state index contributed by atoms with van der Waals surface area (Å²) in [6, 6.07) is 0. The Kier molecular flexibility index (Phi) is 2.15. The van der Waals surface area contributed by atoms with Crippen molar-refractivity contribution < 1.29 is 4.74 Å². The van der Waals surface area contributed by atoms with Gasteiger partial charge in [-0.15, -0.1) is 0 Å². The van der Waals surface area contributed by atoms with Gasteiger partial charge in [0.05, 0.1) is 0 Å². The lowest BCUT2D eigenvalue weighted by molar-refractivity contribution is 0.128. The predicted octanol–water partition coefficient (Wildman–Crippen LogP) is 0.502. The SMILES string of the molecule is CNc1c(OC(C)(C)C)c(=O)c1=O. The molecule has 1 aromatic carbocycles. The summed E-state index contributed by atoms with van der Waals surface area (Å²) in [5, 5.41) is 2.64. The van der Waals surface area contributed by atoms with Crippen LogP contribution in [0.3, 0.4) is 0 Å². The van der Waals surface area contributed by atoms with Crippen molar-refractivity contribution in [1.82, 2.24) is 0 Å². The van der Waals surface area contributed by atoms with Gasteiger partial charge in [0.1, 0.15) is 11.3 Å². The molecule has 4 heteroatoms. The molecule has 72 valence electrons. The van der Waals surface area contributed by atoms with Crippen LogP contribution in [0.4, 0.5) is 5.69 Å². The van der Waals surface area contributed by atoms with E-state index in [0.717, 1.165) is 0 Å². The summed E-state index contributed by atoms with van der Waals surface area (Å²) in [4.78, 5) is 22.0. The minimum absolute atomic E-state index is 0.153. The monoisotopic (exact) mass is 183 g/mol. The summed E-state index contributed by atoms with van der Waals surface area (Å²) < 4.78 is 5.31. The van der Waals surface area contributed by atoms with E-state index in [1.165, 1.54) is 0 Å². The van der Waals surface area contributed by atoms with Gasteiger partial charge in [-0.3, -0.25) is 9.59 Å². The van der Waals surface area contributed by atoms with E-state index in [-0.39, 0.29) is 11.4 Å². The number of rotatable bonds is 2. The predicted molar refractivity (Wildman–Crippen MR) is 51.3 cm³/mol. The van der Waals surface area contributed by atoms with E-state index < -0.39 is 16.5 Å². The molecule has 0 spiro atoms. The summed E-state index contributed by atoms with van der Waals surface area (Å²) in [6.45, 7) is 5.47. The Bertz CT molecular complexity index is 380. The molecule has 1 N–H and O–H groups in total. The molecular weight excluding hydrogens is 170 g/mol. The lowest BCUT2D eigenvalue weighted by atomic mass is 10.1. The third kappa shape index (κ3) is 1.71. The van der Waals surface area contributed by atoms with E-state index >= 15 is 0 Å². The van der Waals surface area contributed by atoms with Crippen molar-refractivity contribution in [3.05, 3.63) is 20.4 Å². The molecule has 0 aromatic heterocycles. The number of hydrogen-bond acceptors (Lipinski definition) is 4. The van der Waals surface area contributed by atoms with Gasteiger partial charge in [-0.2, -0.15) is 0 Å². The molecule has 0 radical (unpaired) electrons. The number of nitrogens with one attached hydrogen (secondary N) is 1. The molecule has 0 fully saturated rings. The van der Waals surface area contributed by atoms with Crippen molar-refractivity contribution in [1.29, 1.82) is 0 Å². The second-order valence-electron chi connectivity index (χ2n) is 3.83. The topological polar surface area (TPSA) is 55.4 Å². The maximum Gasteiger partial charge on any atom is 0.272 e. The first-order valence-corrected chi connectivity index (χ1v) is 4.07. The first-order chi connectivity index (χ1) is 5.87. The van der Waals surface area contributed by atoms with Crippen LogP contribution in [0.1, 0.15) is 20.8 Å². The van der Waals surface area contributed by atoms with Crippen LogP contribution in [0.2, 0.25) is 0 Å². The molecule has 0 unspecified atom stereocenters. The van der Waals surface area contributed by atoms with Gasteiger partial charge in [-0.25, -0.2) is 0 Å². The van der Waals surface area contributed by atoms with Crippen LogP contribution < -0.4 is 20.9 Å². The van der Waals surface area contributed by atoms with Crippen molar-refractivity contribution >= 4 is 5.69 Å². The molecule has 0 aliphatic carbocycles. The summed E-state index contributed by atoms with van der Waals surface area (Å²) in [6.07, 6.45) is 0. The fraction of sp³-hybridized carbons (Fsp3) is 0.556. The van der Waals surface area contributed by atoms with Crippen LogP contribution in [-0.2, 0) is 0 Å². The second kappa shape index (κ2) is 2.87.